The molecule has 0 aromatic heterocycles. The largest absolute Gasteiger partial charge is 0.492 e. The van der Waals surface area contributed by atoms with Crippen LogP contribution in [0.25, 0.3) is 11.1 Å². The van der Waals surface area contributed by atoms with Gasteiger partial charge in [0, 0.05) is 12.5 Å². The second-order valence-corrected chi connectivity index (χ2v) is 8.65. The standard InChI is InChI=1S/C28H31NO/c1-2-8-22(9-3-1)25-10-6-13-28-26(11-7-12-27(25)28)23-14-16-24(17-15-23)30-21-20-29-18-4-5-19-29/h1-3,6,8-10,13-17,26H,4-5,7,11-12,18-21H2. The number of fused-ring (bicyclic) bond motifs is 1. The van der Waals surface area contributed by atoms with E-state index in [1.165, 1.54) is 73.0 Å². The number of rotatable bonds is 6. The number of nitrogens with zero attached hydrogens (tertiary/aromatic N) is 1. The van der Waals surface area contributed by atoms with Gasteiger partial charge in [0.2, 0.25) is 0 Å². The second-order valence-electron chi connectivity index (χ2n) is 8.65. The van der Waals surface area contributed by atoms with Gasteiger partial charge < -0.3 is 4.74 Å². The zero-order valence-corrected chi connectivity index (χ0v) is 17.7. The smallest absolute Gasteiger partial charge is 0.119 e. The second kappa shape index (κ2) is 9.06. The Morgan fingerprint density at radius 1 is 0.800 bits per heavy atom. The minimum absolute atomic E-state index is 0.482. The van der Waals surface area contributed by atoms with Gasteiger partial charge in [-0.05, 0) is 85.1 Å². The molecule has 1 unspecified atom stereocenters. The maximum absolute atomic E-state index is 6.02. The molecule has 154 valence electrons. The van der Waals surface area contributed by atoms with Crippen LogP contribution in [0.5, 0.6) is 5.75 Å². The lowest BCUT2D eigenvalue weighted by Crippen LogP contribution is -2.25. The van der Waals surface area contributed by atoms with E-state index in [0.717, 1.165) is 18.9 Å². The summed E-state index contributed by atoms with van der Waals surface area (Å²) < 4.78 is 6.02. The van der Waals surface area contributed by atoms with Gasteiger partial charge in [0.05, 0.1) is 0 Å². The zero-order chi connectivity index (χ0) is 20.2. The average Bonchev–Trinajstić information content (AvgIpc) is 3.33. The Balaban J connectivity index is 1.32. The minimum atomic E-state index is 0.482. The first-order valence-corrected chi connectivity index (χ1v) is 11.5. The van der Waals surface area contributed by atoms with E-state index in [0.29, 0.717) is 5.92 Å². The van der Waals surface area contributed by atoms with Crippen LogP contribution in [-0.4, -0.2) is 31.1 Å². The van der Waals surface area contributed by atoms with Crippen LogP contribution in [0.1, 0.15) is 48.3 Å². The summed E-state index contributed by atoms with van der Waals surface area (Å²) in [6.07, 6.45) is 6.32. The van der Waals surface area contributed by atoms with Crippen molar-refractivity contribution in [1.82, 2.24) is 4.90 Å². The minimum Gasteiger partial charge on any atom is -0.492 e. The summed E-state index contributed by atoms with van der Waals surface area (Å²) in [5.74, 6) is 1.48. The van der Waals surface area contributed by atoms with Crippen molar-refractivity contribution in [3.63, 3.8) is 0 Å². The lowest BCUT2D eigenvalue weighted by Gasteiger charge is -2.28. The topological polar surface area (TPSA) is 12.5 Å². The molecule has 1 fully saturated rings. The fourth-order valence-electron chi connectivity index (χ4n) is 5.18. The predicted octanol–water partition coefficient (Wildman–Crippen LogP) is 6.30. The van der Waals surface area contributed by atoms with Gasteiger partial charge in [-0.1, -0.05) is 60.7 Å². The van der Waals surface area contributed by atoms with Crippen molar-refractivity contribution >= 4 is 0 Å². The van der Waals surface area contributed by atoms with Gasteiger partial charge in [-0.15, -0.1) is 0 Å². The van der Waals surface area contributed by atoms with Crippen molar-refractivity contribution < 1.29 is 4.74 Å². The van der Waals surface area contributed by atoms with E-state index in [-0.39, 0.29) is 0 Å². The van der Waals surface area contributed by atoms with Crippen molar-refractivity contribution in [3.05, 3.63) is 89.5 Å². The quantitative estimate of drug-likeness (QED) is 0.484. The van der Waals surface area contributed by atoms with E-state index in [1.54, 1.807) is 0 Å². The molecule has 1 aliphatic heterocycles. The van der Waals surface area contributed by atoms with Crippen LogP contribution in [0, 0.1) is 0 Å². The van der Waals surface area contributed by atoms with Crippen molar-refractivity contribution in [3.8, 4) is 16.9 Å². The fourth-order valence-corrected chi connectivity index (χ4v) is 5.18. The van der Waals surface area contributed by atoms with E-state index in [9.17, 15) is 0 Å². The molecule has 30 heavy (non-hydrogen) atoms. The summed E-state index contributed by atoms with van der Waals surface area (Å²) in [6, 6.07) is 26.6. The summed E-state index contributed by atoms with van der Waals surface area (Å²) in [4.78, 5) is 2.50. The summed E-state index contributed by atoms with van der Waals surface area (Å²) in [7, 11) is 0. The zero-order valence-electron chi connectivity index (χ0n) is 17.7. The van der Waals surface area contributed by atoms with Crippen LogP contribution in [0.2, 0.25) is 0 Å². The third kappa shape index (κ3) is 4.15. The van der Waals surface area contributed by atoms with Gasteiger partial charge in [-0.3, -0.25) is 4.90 Å². The van der Waals surface area contributed by atoms with Crippen molar-refractivity contribution in [2.75, 3.05) is 26.2 Å². The maximum Gasteiger partial charge on any atom is 0.119 e. The first-order chi connectivity index (χ1) is 14.9. The van der Waals surface area contributed by atoms with Crippen molar-refractivity contribution in [1.29, 1.82) is 0 Å². The highest BCUT2D eigenvalue weighted by molar-refractivity contribution is 5.70. The molecule has 3 aromatic rings. The Morgan fingerprint density at radius 2 is 1.60 bits per heavy atom. The predicted molar refractivity (Wildman–Crippen MR) is 124 cm³/mol. The summed E-state index contributed by atoms with van der Waals surface area (Å²) >= 11 is 0. The molecular weight excluding hydrogens is 366 g/mol. The van der Waals surface area contributed by atoms with Crippen molar-refractivity contribution in [2.24, 2.45) is 0 Å². The molecule has 1 heterocycles. The van der Waals surface area contributed by atoms with E-state index in [1.807, 2.05) is 0 Å². The molecular formula is C28H31NO. The summed E-state index contributed by atoms with van der Waals surface area (Å²) in [5.41, 5.74) is 7.18. The molecule has 5 rings (SSSR count). The molecule has 3 aromatic carbocycles. The molecule has 2 heteroatoms. The van der Waals surface area contributed by atoms with Crippen LogP contribution in [0.15, 0.2) is 72.8 Å². The molecule has 2 aliphatic rings. The summed E-state index contributed by atoms with van der Waals surface area (Å²) in [6.45, 7) is 4.29. The molecule has 0 amide bonds. The van der Waals surface area contributed by atoms with E-state index in [4.69, 9.17) is 4.74 Å². The van der Waals surface area contributed by atoms with Gasteiger partial charge in [-0.2, -0.15) is 0 Å². The molecule has 0 saturated carbocycles. The lowest BCUT2D eigenvalue weighted by atomic mass is 9.76. The number of hydrogen-bond donors (Lipinski definition) is 0. The highest BCUT2D eigenvalue weighted by atomic mass is 16.5. The van der Waals surface area contributed by atoms with Gasteiger partial charge >= 0.3 is 0 Å². The number of benzene rings is 3. The lowest BCUT2D eigenvalue weighted by molar-refractivity contribution is 0.237. The van der Waals surface area contributed by atoms with Crippen LogP contribution in [0.3, 0.4) is 0 Å². The number of likely N-dealkylation sites (tertiary alicyclic amines) is 1. The molecule has 0 radical (unpaired) electrons. The van der Waals surface area contributed by atoms with Crippen LogP contribution < -0.4 is 4.74 Å². The maximum atomic E-state index is 6.02. The fraction of sp³-hybridized carbons (Fsp3) is 0.357. The molecule has 0 bridgehead atoms. The first kappa shape index (κ1) is 19.4. The molecule has 0 N–H and O–H groups in total. The van der Waals surface area contributed by atoms with Crippen molar-refractivity contribution in [2.45, 2.75) is 38.0 Å². The average molecular weight is 398 g/mol. The van der Waals surface area contributed by atoms with Crippen LogP contribution in [0.4, 0.5) is 0 Å². The Bertz CT molecular complexity index is 958. The molecule has 0 spiro atoms. The third-order valence-corrected chi connectivity index (χ3v) is 6.75. The molecule has 2 nitrogen and oxygen atoms in total. The molecule has 1 aliphatic carbocycles. The monoisotopic (exact) mass is 397 g/mol. The number of ether oxygens (including phenoxy) is 1. The Morgan fingerprint density at radius 3 is 2.40 bits per heavy atom. The van der Waals surface area contributed by atoms with Crippen LogP contribution in [-0.2, 0) is 6.42 Å². The highest BCUT2D eigenvalue weighted by Gasteiger charge is 2.24. The summed E-state index contributed by atoms with van der Waals surface area (Å²) in [5, 5.41) is 0. The van der Waals surface area contributed by atoms with E-state index in [2.05, 4.69) is 77.7 Å². The van der Waals surface area contributed by atoms with Gasteiger partial charge in [0.15, 0.2) is 0 Å². The number of hydrogen-bond acceptors (Lipinski definition) is 2. The van der Waals surface area contributed by atoms with Gasteiger partial charge in [0.1, 0.15) is 12.4 Å². The third-order valence-electron chi connectivity index (χ3n) is 6.75. The Labute approximate surface area is 180 Å². The van der Waals surface area contributed by atoms with E-state index < -0.39 is 0 Å². The Kier molecular flexibility index (Phi) is 5.85. The van der Waals surface area contributed by atoms with Gasteiger partial charge in [-0.25, -0.2) is 0 Å². The van der Waals surface area contributed by atoms with E-state index >= 15 is 0 Å². The first-order valence-electron chi connectivity index (χ1n) is 11.5. The highest BCUT2D eigenvalue weighted by Crippen LogP contribution is 2.41. The Hall–Kier alpha value is -2.58. The molecule has 1 atom stereocenters. The van der Waals surface area contributed by atoms with Gasteiger partial charge in [0.25, 0.3) is 0 Å². The van der Waals surface area contributed by atoms with Crippen LogP contribution >= 0.6 is 0 Å². The normalized spacial score (nSPS) is 18.9. The molecule has 1 saturated heterocycles. The SMILES string of the molecule is c1ccc(-c2cccc3c2CCCC3c2ccc(OCCN3CCCC3)cc2)cc1.